The normalized spacial score (nSPS) is 16.7. The molecule has 6 nitrogen and oxygen atoms in total. The van der Waals surface area contributed by atoms with Gasteiger partial charge >= 0.3 is 0 Å². The molecule has 1 aliphatic rings. The van der Waals surface area contributed by atoms with Crippen LogP contribution in [-0.4, -0.2) is 39.0 Å². The maximum Gasteiger partial charge on any atom is 0.157 e. The van der Waals surface area contributed by atoms with Gasteiger partial charge in [0.1, 0.15) is 11.6 Å². The first-order valence-corrected chi connectivity index (χ1v) is 9.44. The van der Waals surface area contributed by atoms with Crippen LogP contribution < -0.4 is 10.2 Å². The summed E-state index contributed by atoms with van der Waals surface area (Å²) in [6, 6.07) is 6.41. The molecule has 1 fully saturated rings. The van der Waals surface area contributed by atoms with E-state index in [9.17, 15) is 9.50 Å². The van der Waals surface area contributed by atoms with E-state index in [0.717, 1.165) is 22.3 Å². The fourth-order valence-electron chi connectivity index (χ4n) is 3.52. The molecule has 1 aliphatic heterocycles. The molecular formula is C20H21ClFN5O. The van der Waals surface area contributed by atoms with Gasteiger partial charge in [-0.2, -0.15) is 5.10 Å². The second kappa shape index (κ2) is 6.83. The fourth-order valence-corrected chi connectivity index (χ4v) is 3.81. The number of aliphatic hydroxyl groups is 1. The van der Waals surface area contributed by atoms with Crippen LogP contribution in [0.1, 0.15) is 31.1 Å². The molecule has 1 aromatic carbocycles. The predicted octanol–water partition coefficient (Wildman–Crippen LogP) is 3.87. The van der Waals surface area contributed by atoms with E-state index in [1.165, 1.54) is 6.07 Å². The number of β-amino-alcohol motifs (C(OH)–C–C–N with tert-alkyl or cyclic N) is 1. The summed E-state index contributed by atoms with van der Waals surface area (Å²) < 4.78 is 13.8. The Balaban J connectivity index is 1.70. The van der Waals surface area contributed by atoms with Gasteiger partial charge in [-0.25, -0.2) is 9.37 Å². The third-order valence-electron chi connectivity index (χ3n) is 5.02. The van der Waals surface area contributed by atoms with Crippen LogP contribution in [0, 0.1) is 12.7 Å². The Morgan fingerprint density at radius 1 is 1.29 bits per heavy atom. The molecule has 3 aromatic rings. The van der Waals surface area contributed by atoms with Gasteiger partial charge in [-0.05, 0) is 38.5 Å². The van der Waals surface area contributed by atoms with Crippen molar-refractivity contribution in [1.82, 2.24) is 15.2 Å². The molecule has 1 atom stereocenters. The number of hydrogen-bond donors (Lipinski definition) is 2. The van der Waals surface area contributed by atoms with Crippen molar-refractivity contribution in [3.8, 4) is 0 Å². The number of nitrogens with one attached hydrogen (secondary N) is 1. The van der Waals surface area contributed by atoms with Gasteiger partial charge in [0.25, 0.3) is 0 Å². The summed E-state index contributed by atoms with van der Waals surface area (Å²) in [6.07, 6.45) is 1.77. The van der Waals surface area contributed by atoms with Crippen LogP contribution in [0.2, 0.25) is 5.02 Å². The Morgan fingerprint density at radius 3 is 2.75 bits per heavy atom. The number of pyridine rings is 1. The highest BCUT2D eigenvalue weighted by atomic mass is 35.5. The number of fused-ring (bicyclic) bond motifs is 1. The van der Waals surface area contributed by atoms with Crippen molar-refractivity contribution in [3.05, 3.63) is 52.6 Å². The monoisotopic (exact) mass is 401 g/mol. The maximum absolute atomic E-state index is 13.8. The second-order valence-electron chi connectivity index (χ2n) is 7.58. The van der Waals surface area contributed by atoms with Crippen LogP contribution in [0.5, 0.6) is 0 Å². The average molecular weight is 402 g/mol. The number of rotatable bonds is 4. The summed E-state index contributed by atoms with van der Waals surface area (Å²) in [7, 11) is 0. The van der Waals surface area contributed by atoms with E-state index in [1.807, 2.05) is 24.8 Å². The molecule has 0 aliphatic carbocycles. The van der Waals surface area contributed by atoms with Crippen molar-refractivity contribution >= 4 is 34.0 Å². The number of nitrogens with zero attached hydrogens (tertiary/aromatic N) is 4. The lowest BCUT2D eigenvalue weighted by molar-refractivity contribution is 0.0305. The standard InChI is InChI=1S/C20H21ClFN5O/c1-11(13-5-4-6-16(22)18(13)21)24-19-14-7-17(27-9-20(3,28)10-27)23-8-15(14)12(2)25-26-19/h4-8,11,28H,9-10H2,1-3H3,(H,24,26)/t11-/m1/s1. The van der Waals surface area contributed by atoms with Crippen LogP contribution in [0.25, 0.3) is 10.8 Å². The SMILES string of the molecule is Cc1nnc(N[C@H](C)c2cccc(F)c2Cl)c2cc(N3CC(C)(O)C3)ncc12. The Labute approximate surface area is 167 Å². The first-order valence-electron chi connectivity index (χ1n) is 9.06. The minimum atomic E-state index is -0.688. The summed E-state index contributed by atoms with van der Waals surface area (Å²) in [6.45, 7) is 6.63. The first-order chi connectivity index (χ1) is 13.2. The molecule has 1 saturated heterocycles. The van der Waals surface area contributed by atoms with Gasteiger partial charge in [0.15, 0.2) is 5.82 Å². The van der Waals surface area contributed by atoms with Crippen molar-refractivity contribution in [2.45, 2.75) is 32.4 Å². The Kier molecular flexibility index (Phi) is 4.59. The molecule has 0 amide bonds. The van der Waals surface area contributed by atoms with Crippen molar-refractivity contribution < 1.29 is 9.50 Å². The number of halogens is 2. The predicted molar refractivity (Wildman–Crippen MR) is 108 cm³/mol. The van der Waals surface area contributed by atoms with Crippen LogP contribution in [0.3, 0.4) is 0 Å². The van der Waals surface area contributed by atoms with Gasteiger partial charge in [-0.1, -0.05) is 23.7 Å². The van der Waals surface area contributed by atoms with E-state index in [0.29, 0.717) is 24.5 Å². The van der Waals surface area contributed by atoms with Gasteiger partial charge < -0.3 is 15.3 Å². The first kappa shape index (κ1) is 18.8. The Bertz CT molecular complexity index is 1050. The maximum atomic E-state index is 13.8. The van der Waals surface area contributed by atoms with Gasteiger partial charge in [-0.15, -0.1) is 5.10 Å². The molecule has 28 heavy (non-hydrogen) atoms. The lowest BCUT2D eigenvalue weighted by atomic mass is 9.97. The molecule has 2 N–H and O–H groups in total. The van der Waals surface area contributed by atoms with Crippen molar-refractivity contribution in [1.29, 1.82) is 0 Å². The molecule has 0 unspecified atom stereocenters. The number of benzene rings is 1. The van der Waals surface area contributed by atoms with E-state index in [2.05, 4.69) is 20.5 Å². The van der Waals surface area contributed by atoms with E-state index in [-0.39, 0.29) is 11.1 Å². The summed E-state index contributed by atoms with van der Waals surface area (Å²) >= 11 is 6.13. The van der Waals surface area contributed by atoms with E-state index >= 15 is 0 Å². The van der Waals surface area contributed by atoms with Gasteiger partial charge in [0, 0.05) is 30.1 Å². The van der Waals surface area contributed by atoms with E-state index in [4.69, 9.17) is 11.6 Å². The smallest absolute Gasteiger partial charge is 0.157 e. The highest BCUT2D eigenvalue weighted by molar-refractivity contribution is 6.31. The zero-order chi connectivity index (χ0) is 20.1. The summed E-state index contributed by atoms with van der Waals surface area (Å²) in [5.41, 5.74) is 0.726. The topological polar surface area (TPSA) is 74.2 Å². The third kappa shape index (κ3) is 3.36. The van der Waals surface area contributed by atoms with Crippen molar-refractivity contribution in [3.63, 3.8) is 0 Å². The fraction of sp³-hybridized carbons (Fsp3) is 0.350. The summed E-state index contributed by atoms with van der Waals surface area (Å²) in [5, 5.41) is 23.7. The molecule has 0 radical (unpaired) electrons. The van der Waals surface area contributed by atoms with Gasteiger partial charge in [0.05, 0.1) is 22.4 Å². The van der Waals surface area contributed by atoms with Crippen molar-refractivity contribution in [2.24, 2.45) is 0 Å². The molecule has 4 rings (SSSR count). The van der Waals surface area contributed by atoms with Gasteiger partial charge in [0.2, 0.25) is 0 Å². The lowest BCUT2D eigenvalue weighted by Gasteiger charge is -2.45. The highest BCUT2D eigenvalue weighted by Gasteiger charge is 2.37. The third-order valence-corrected chi connectivity index (χ3v) is 5.42. The zero-order valence-electron chi connectivity index (χ0n) is 15.9. The molecule has 2 aromatic heterocycles. The molecule has 3 heterocycles. The van der Waals surface area contributed by atoms with Crippen molar-refractivity contribution in [2.75, 3.05) is 23.3 Å². The van der Waals surface area contributed by atoms with Crippen LogP contribution in [-0.2, 0) is 0 Å². The number of aryl methyl sites for hydroxylation is 1. The van der Waals surface area contributed by atoms with E-state index in [1.54, 1.807) is 25.3 Å². The average Bonchev–Trinajstić information content (AvgIpc) is 2.64. The second-order valence-corrected chi connectivity index (χ2v) is 7.96. The molecule has 8 heteroatoms. The molecule has 146 valence electrons. The molecular weight excluding hydrogens is 381 g/mol. The van der Waals surface area contributed by atoms with Crippen LogP contribution in [0.15, 0.2) is 30.5 Å². The Morgan fingerprint density at radius 2 is 2.04 bits per heavy atom. The minimum Gasteiger partial charge on any atom is -0.386 e. The Hall–Kier alpha value is -2.51. The molecule has 0 bridgehead atoms. The highest BCUT2D eigenvalue weighted by Crippen LogP contribution is 2.33. The molecule has 0 spiro atoms. The van der Waals surface area contributed by atoms with Crippen LogP contribution >= 0.6 is 11.6 Å². The number of hydrogen-bond acceptors (Lipinski definition) is 6. The molecule has 0 saturated carbocycles. The minimum absolute atomic E-state index is 0.0945. The van der Waals surface area contributed by atoms with Gasteiger partial charge in [-0.3, -0.25) is 0 Å². The van der Waals surface area contributed by atoms with E-state index < -0.39 is 11.4 Å². The quantitative estimate of drug-likeness (QED) is 0.691. The summed E-state index contributed by atoms with van der Waals surface area (Å²) in [5.74, 6) is 0.888. The number of anilines is 2. The zero-order valence-corrected chi connectivity index (χ0v) is 16.6. The van der Waals surface area contributed by atoms with Crippen LogP contribution in [0.4, 0.5) is 16.0 Å². The summed E-state index contributed by atoms with van der Waals surface area (Å²) in [4.78, 5) is 6.51. The lowest BCUT2D eigenvalue weighted by Crippen LogP contribution is -2.60. The number of aromatic nitrogens is 3. The largest absolute Gasteiger partial charge is 0.386 e.